The predicted octanol–water partition coefficient (Wildman–Crippen LogP) is 15.5. The van der Waals surface area contributed by atoms with E-state index in [2.05, 4.69) is 144 Å². The van der Waals surface area contributed by atoms with Gasteiger partial charge in [-0.1, -0.05) is 169 Å². The Labute approximate surface area is 406 Å². The summed E-state index contributed by atoms with van der Waals surface area (Å²) in [5, 5.41) is 2.19. The normalized spacial score (nSPS) is 14.8. The quantitative estimate of drug-likeness (QED) is 0.169. The van der Waals surface area contributed by atoms with Gasteiger partial charge in [0.2, 0.25) is 0 Å². The highest BCUT2D eigenvalue weighted by Gasteiger charge is 2.54. The van der Waals surface area contributed by atoms with Crippen molar-refractivity contribution in [3.05, 3.63) is 241 Å². The summed E-state index contributed by atoms with van der Waals surface area (Å²) in [6.45, 7) is 0. The summed E-state index contributed by atoms with van der Waals surface area (Å²) >= 11 is 1.85. The molecular formula is C62H36N6OS. The molecule has 0 saturated carbocycles. The maximum atomic E-state index is 6.48. The average molecular weight is 913 g/mol. The fourth-order valence-electron chi connectivity index (χ4n) is 11.3. The molecule has 1 unspecified atom stereocenters. The van der Waals surface area contributed by atoms with E-state index in [1.165, 1.54) is 32.0 Å². The van der Waals surface area contributed by atoms with E-state index in [4.69, 9.17) is 29.3 Å². The summed E-state index contributed by atoms with van der Waals surface area (Å²) < 4.78 is 6.48. The van der Waals surface area contributed by atoms with Crippen molar-refractivity contribution in [3.8, 4) is 67.8 Å². The van der Waals surface area contributed by atoms with E-state index in [-0.39, 0.29) is 0 Å². The molecule has 70 heavy (non-hydrogen) atoms. The first-order valence-corrected chi connectivity index (χ1v) is 24.2. The monoisotopic (exact) mass is 912 g/mol. The number of rotatable bonds is 5. The minimum absolute atomic E-state index is 0.590. The van der Waals surface area contributed by atoms with Gasteiger partial charge in [0.05, 0.1) is 39.3 Å². The average Bonchev–Trinajstić information content (AvgIpc) is 4.08. The highest BCUT2D eigenvalue weighted by atomic mass is 32.2. The molecule has 7 nitrogen and oxygen atoms in total. The third-order valence-corrected chi connectivity index (χ3v) is 15.4. The fraction of sp³-hybridized carbons (Fsp3) is 0.0161. The van der Waals surface area contributed by atoms with Crippen LogP contribution >= 0.6 is 11.8 Å². The van der Waals surface area contributed by atoms with Crippen LogP contribution in [-0.2, 0) is 5.41 Å². The van der Waals surface area contributed by atoms with Gasteiger partial charge in [-0.25, -0.2) is 15.0 Å². The molecule has 0 saturated heterocycles. The van der Waals surface area contributed by atoms with Gasteiger partial charge < -0.3 is 9.32 Å². The molecule has 1 atom stereocenters. The lowest BCUT2D eigenvalue weighted by Gasteiger charge is -2.35. The van der Waals surface area contributed by atoms with Gasteiger partial charge in [-0.3, -0.25) is 9.97 Å². The van der Waals surface area contributed by atoms with Gasteiger partial charge >= 0.3 is 0 Å². The number of pyridine rings is 2. The van der Waals surface area contributed by atoms with E-state index >= 15 is 0 Å². The van der Waals surface area contributed by atoms with Crippen LogP contribution < -0.4 is 4.90 Å². The van der Waals surface area contributed by atoms with E-state index in [9.17, 15) is 0 Å². The molecule has 0 N–H and O–H groups in total. The number of furan rings is 1. The lowest BCUT2D eigenvalue weighted by atomic mass is 9.70. The standard InChI is InChI=1S/C62H36N6OS/c1-3-17-37(18-4-1)59-65-60(38-19-5-2-6-20-38)67-61(66-59)41-22-8-7-21-40(41)39-35-47-57(64-36-39)56-46(26-16-34-63-56)62(47)44-25-11-9-23-42(44)54-45(62)32-33-50-58(54)70-53-31-14-12-27-48(53)68(50)49-28-15-30-52-55(49)43-24-10-13-29-51(43)69-52/h1-36H. The highest BCUT2D eigenvalue weighted by Crippen LogP contribution is 2.66. The van der Waals surface area contributed by atoms with Crippen molar-refractivity contribution in [1.29, 1.82) is 0 Å². The van der Waals surface area contributed by atoms with Crippen molar-refractivity contribution in [2.24, 2.45) is 0 Å². The van der Waals surface area contributed by atoms with Crippen LogP contribution in [0.2, 0.25) is 0 Å². The number of hydrogen-bond acceptors (Lipinski definition) is 8. The van der Waals surface area contributed by atoms with Crippen LogP contribution in [0.25, 0.3) is 89.7 Å². The number of para-hydroxylation sites is 2. The first kappa shape index (κ1) is 39.1. The predicted molar refractivity (Wildman–Crippen MR) is 280 cm³/mol. The molecule has 15 rings (SSSR count). The second kappa shape index (κ2) is 15.0. The molecule has 0 bridgehead atoms. The van der Waals surface area contributed by atoms with Crippen molar-refractivity contribution < 1.29 is 4.42 Å². The maximum Gasteiger partial charge on any atom is 0.164 e. The summed E-state index contributed by atoms with van der Waals surface area (Å²) in [5.74, 6) is 1.82. The second-order valence-corrected chi connectivity index (χ2v) is 18.9. The van der Waals surface area contributed by atoms with Gasteiger partial charge in [-0.2, -0.15) is 0 Å². The van der Waals surface area contributed by atoms with Crippen molar-refractivity contribution in [3.63, 3.8) is 0 Å². The summed E-state index contributed by atoms with van der Waals surface area (Å²) in [6, 6.07) is 72.5. The molecule has 12 aromatic rings. The van der Waals surface area contributed by atoms with Gasteiger partial charge in [-0.15, -0.1) is 0 Å². The summed E-state index contributed by atoms with van der Waals surface area (Å²) in [6.07, 6.45) is 3.88. The third-order valence-electron chi connectivity index (χ3n) is 14.2. The summed E-state index contributed by atoms with van der Waals surface area (Å²) in [7, 11) is 0. The molecule has 0 amide bonds. The zero-order valence-corrected chi connectivity index (χ0v) is 38.1. The molecule has 0 radical (unpaired) electrons. The van der Waals surface area contributed by atoms with Gasteiger partial charge in [0, 0.05) is 61.0 Å². The summed E-state index contributed by atoms with van der Waals surface area (Å²) in [5.41, 5.74) is 17.9. The van der Waals surface area contributed by atoms with Gasteiger partial charge in [0.25, 0.3) is 0 Å². The molecule has 8 heteroatoms. The molecule has 2 aliphatic carbocycles. The lowest BCUT2D eigenvalue weighted by Crippen LogP contribution is -2.26. The van der Waals surface area contributed by atoms with Crippen LogP contribution in [0, 0.1) is 0 Å². The molecule has 1 aliphatic heterocycles. The van der Waals surface area contributed by atoms with E-state index in [0.29, 0.717) is 17.5 Å². The van der Waals surface area contributed by atoms with E-state index in [1.807, 2.05) is 90.9 Å². The molecule has 1 spiro atoms. The Morgan fingerprint density at radius 3 is 1.90 bits per heavy atom. The van der Waals surface area contributed by atoms with E-state index < -0.39 is 5.41 Å². The zero-order valence-electron chi connectivity index (χ0n) is 37.3. The largest absolute Gasteiger partial charge is 0.456 e. The molecule has 5 heterocycles. The first-order valence-electron chi connectivity index (χ1n) is 23.4. The fourth-order valence-corrected chi connectivity index (χ4v) is 12.6. The Kier molecular flexibility index (Phi) is 8.38. The van der Waals surface area contributed by atoms with Crippen molar-refractivity contribution in [2.45, 2.75) is 15.2 Å². The number of aromatic nitrogens is 5. The minimum Gasteiger partial charge on any atom is -0.456 e. The highest BCUT2D eigenvalue weighted by molar-refractivity contribution is 8.00. The van der Waals surface area contributed by atoms with Crippen LogP contribution in [0.4, 0.5) is 17.1 Å². The molecule has 3 aliphatic rings. The Hall–Kier alpha value is -8.98. The molecule has 8 aromatic carbocycles. The van der Waals surface area contributed by atoms with Crippen LogP contribution in [0.5, 0.6) is 0 Å². The number of hydrogen-bond donors (Lipinski definition) is 0. The maximum absolute atomic E-state index is 6.48. The van der Waals surface area contributed by atoms with E-state index in [0.717, 1.165) is 89.3 Å². The Morgan fingerprint density at radius 1 is 0.429 bits per heavy atom. The SMILES string of the molecule is c1ccc(-c2nc(-c3ccccc3)nc(-c3ccccc3-c3cnc4c(c3)C3(c5ccccc5-c5c3ccc3c5Sc5ccccc5N3c3cccc5oc6ccccc6c35)c3cccnc3-4)n2)cc1. The molecule has 4 aromatic heterocycles. The van der Waals surface area contributed by atoms with Gasteiger partial charge in [-0.05, 0) is 76.3 Å². The van der Waals surface area contributed by atoms with Crippen molar-refractivity contribution in [1.82, 2.24) is 24.9 Å². The smallest absolute Gasteiger partial charge is 0.164 e. The Morgan fingerprint density at radius 2 is 1.07 bits per heavy atom. The van der Waals surface area contributed by atoms with Crippen LogP contribution in [0.15, 0.2) is 233 Å². The van der Waals surface area contributed by atoms with Crippen LogP contribution in [-0.4, -0.2) is 24.9 Å². The van der Waals surface area contributed by atoms with Crippen molar-refractivity contribution in [2.75, 3.05) is 4.90 Å². The second-order valence-electron chi connectivity index (χ2n) is 17.9. The van der Waals surface area contributed by atoms with Crippen molar-refractivity contribution >= 4 is 50.8 Å². The first-order chi connectivity index (χ1) is 34.7. The van der Waals surface area contributed by atoms with Gasteiger partial charge in [0.1, 0.15) is 11.2 Å². The number of nitrogens with zero attached hydrogens (tertiary/aromatic N) is 6. The van der Waals surface area contributed by atoms with E-state index in [1.54, 1.807) is 0 Å². The number of anilines is 3. The van der Waals surface area contributed by atoms with Crippen LogP contribution in [0.1, 0.15) is 22.3 Å². The number of benzene rings is 8. The topological polar surface area (TPSA) is 80.8 Å². The van der Waals surface area contributed by atoms with Crippen LogP contribution in [0.3, 0.4) is 0 Å². The lowest BCUT2D eigenvalue weighted by molar-refractivity contribution is 0.669. The third kappa shape index (κ3) is 5.50. The Balaban J connectivity index is 0.956. The molecule has 326 valence electrons. The van der Waals surface area contributed by atoms with Gasteiger partial charge in [0.15, 0.2) is 17.5 Å². The summed E-state index contributed by atoms with van der Waals surface area (Å²) in [4.78, 5) is 30.7. The molecular weight excluding hydrogens is 877 g/mol. The minimum atomic E-state index is -0.713. The number of fused-ring (bicyclic) bond motifs is 16. The Bertz CT molecular complexity index is 4080. The molecule has 0 fully saturated rings. The zero-order chi connectivity index (χ0) is 45.9.